The van der Waals surface area contributed by atoms with E-state index >= 15 is 0 Å². The van der Waals surface area contributed by atoms with Crippen molar-refractivity contribution in [1.29, 1.82) is 0 Å². The van der Waals surface area contributed by atoms with Crippen LogP contribution in [0.15, 0.2) is 64.8 Å². The predicted octanol–water partition coefficient (Wildman–Crippen LogP) is 3.12. The Kier molecular flexibility index (Phi) is 4.29. The molecular formula is C16H12FN3OS. The number of halogens is 1. The van der Waals surface area contributed by atoms with E-state index in [1.165, 1.54) is 30.1 Å². The van der Waals surface area contributed by atoms with E-state index in [9.17, 15) is 9.18 Å². The van der Waals surface area contributed by atoms with Crippen LogP contribution in [0.1, 0.15) is 16.4 Å². The topological polar surface area (TPSA) is 53.8 Å². The zero-order valence-electron chi connectivity index (χ0n) is 11.4. The third-order valence-electron chi connectivity index (χ3n) is 3.03. The van der Waals surface area contributed by atoms with E-state index in [-0.39, 0.29) is 17.0 Å². The standard InChI is InChI=1S/C16H12FN3OS/c17-13-8-6-11(7-9-13)10-18-20-16-19-15(21)14(22-16)12-4-2-1-3-5-12/h1-10,14H,(H,19,20,21)/t14-/m1/s1. The van der Waals surface area contributed by atoms with Crippen LogP contribution in [0.2, 0.25) is 0 Å². The SMILES string of the molecule is O=C1N/C(=N\N=Cc2ccc(F)cc2)S[C@@H]1c1ccccc1. The van der Waals surface area contributed by atoms with Gasteiger partial charge in [-0.05, 0) is 23.3 Å². The molecule has 22 heavy (non-hydrogen) atoms. The summed E-state index contributed by atoms with van der Waals surface area (Å²) in [6, 6.07) is 15.4. The van der Waals surface area contributed by atoms with Crippen molar-refractivity contribution in [1.82, 2.24) is 5.32 Å². The summed E-state index contributed by atoms with van der Waals surface area (Å²) in [5.74, 6) is -0.403. The average molecular weight is 313 g/mol. The number of amidine groups is 1. The molecule has 0 spiro atoms. The second-order valence-electron chi connectivity index (χ2n) is 4.60. The first kappa shape index (κ1) is 14.5. The van der Waals surface area contributed by atoms with Crippen LogP contribution in [-0.4, -0.2) is 17.3 Å². The van der Waals surface area contributed by atoms with Crippen molar-refractivity contribution in [2.75, 3.05) is 0 Å². The van der Waals surface area contributed by atoms with Crippen molar-refractivity contribution >= 4 is 29.1 Å². The number of carbonyl (C=O) groups is 1. The molecule has 110 valence electrons. The van der Waals surface area contributed by atoms with Gasteiger partial charge in [-0.1, -0.05) is 54.2 Å². The van der Waals surface area contributed by atoms with Crippen LogP contribution < -0.4 is 5.32 Å². The summed E-state index contributed by atoms with van der Waals surface area (Å²) in [6.45, 7) is 0. The summed E-state index contributed by atoms with van der Waals surface area (Å²) < 4.78 is 12.8. The van der Waals surface area contributed by atoms with Crippen molar-refractivity contribution in [3.05, 3.63) is 71.5 Å². The highest BCUT2D eigenvalue weighted by atomic mass is 32.2. The number of hydrogen-bond acceptors (Lipinski definition) is 4. The number of rotatable bonds is 3. The lowest BCUT2D eigenvalue weighted by Crippen LogP contribution is -2.21. The first-order valence-electron chi connectivity index (χ1n) is 6.61. The summed E-state index contributed by atoms with van der Waals surface area (Å²) in [6.07, 6.45) is 1.51. The highest BCUT2D eigenvalue weighted by Crippen LogP contribution is 2.34. The number of carbonyl (C=O) groups excluding carboxylic acids is 1. The molecule has 1 aliphatic heterocycles. The molecule has 0 unspecified atom stereocenters. The summed E-state index contributed by atoms with van der Waals surface area (Å²) >= 11 is 1.33. The van der Waals surface area contributed by atoms with Gasteiger partial charge in [-0.15, -0.1) is 5.10 Å². The molecule has 6 heteroatoms. The second-order valence-corrected chi connectivity index (χ2v) is 5.69. The normalized spacial score (nSPS) is 19.8. The van der Waals surface area contributed by atoms with Gasteiger partial charge in [0.05, 0.1) is 6.21 Å². The van der Waals surface area contributed by atoms with Crippen molar-refractivity contribution < 1.29 is 9.18 Å². The fourth-order valence-electron chi connectivity index (χ4n) is 1.96. The van der Waals surface area contributed by atoms with Gasteiger partial charge in [0.1, 0.15) is 11.1 Å². The van der Waals surface area contributed by atoms with Crippen LogP contribution >= 0.6 is 11.8 Å². The largest absolute Gasteiger partial charge is 0.302 e. The van der Waals surface area contributed by atoms with E-state index in [2.05, 4.69) is 15.5 Å². The first-order valence-corrected chi connectivity index (χ1v) is 7.49. The minimum absolute atomic E-state index is 0.105. The van der Waals surface area contributed by atoms with Crippen LogP contribution in [0.3, 0.4) is 0 Å². The highest BCUT2D eigenvalue weighted by Gasteiger charge is 2.31. The Bertz CT molecular complexity index is 729. The molecule has 1 amide bonds. The molecule has 1 fully saturated rings. The van der Waals surface area contributed by atoms with Crippen LogP contribution in [0, 0.1) is 5.82 Å². The quantitative estimate of drug-likeness (QED) is 0.699. The number of thioether (sulfide) groups is 1. The fraction of sp³-hybridized carbons (Fsp3) is 0.0625. The van der Waals surface area contributed by atoms with E-state index in [0.29, 0.717) is 5.17 Å². The summed E-state index contributed by atoms with van der Waals surface area (Å²) in [5.41, 5.74) is 1.66. The minimum atomic E-state index is -0.305. The van der Waals surface area contributed by atoms with Crippen LogP contribution in [0.25, 0.3) is 0 Å². The van der Waals surface area contributed by atoms with Gasteiger partial charge in [-0.2, -0.15) is 5.10 Å². The molecule has 0 aromatic heterocycles. The molecule has 1 heterocycles. The van der Waals surface area contributed by atoms with E-state index in [1.54, 1.807) is 12.1 Å². The molecular weight excluding hydrogens is 301 g/mol. The maximum Gasteiger partial charge on any atom is 0.244 e. The van der Waals surface area contributed by atoms with Gasteiger partial charge in [-0.25, -0.2) is 4.39 Å². The summed E-state index contributed by atoms with van der Waals surface area (Å²) in [7, 11) is 0. The zero-order valence-corrected chi connectivity index (χ0v) is 12.3. The zero-order chi connectivity index (χ0) is 15.4. The second kappa shape index (κ2) is 6.53. The first-order chi connectivity index (χ1) is 10.7. The smallest absolute Gasteiger partial charge is 0.244 e. The average Bonchev–Trinajstić information content (AvgIpc) is 2.91. The Morgan fingerprint density at radius 1 is 1.09 bits per heavy atom. The maximum absolute atomic E-state index is 12.8. The molecule has 2 aromatic rings. The molecule has 1 aliphatic rings. The van der Waals surface area contributed by atoms with Crippen molar-refractivity contribution in [3.63, 3.8) is 0 Å². The number of nitrogens with one attached hydrogen (secondary N) is 1. The Morgan fingerprint density at radius 3 is 2.55 bits per heavy atom. The van der Waals surface area contributed by atoms with Crippen LogP contribution in [0.4, 0.5) is 4.39 Å². The molecule has 1 saturated heterocycles. The summed E-state index contributed by atoms with van der Waals surface area (Å²) in [4.78, 5) is 11.9. The molecule has 1 atom stereocenters. The van der Waals surface area contributed by atoms with Crippen LogP contribution in [-0.2, 0) is 4.79 Å². The minimum Gasteiger partial charge on any atom is -0.302 e. The van der Waals surface area contributed by atoms with Crippen LogP contribution in [0.5, 0.6) is 0 Å². The van der Waals surface area contributed by atoms with E-state index in [4.69, 9.17) is 0 Å². The van der Waals surface area contributed by atoms with E-state index in [0.717, 1.165) is 11.1 Å². The van der Waals surface area contributed by atoms with Gasteiger partial charge in [0.2, 0.25) is 5.91 Å². The number of nitrogens with zero attached hydrogens (tertiary/aromatic N) is 2. The Morgan fingerprint density at radius 2 is 1.82 bits per heavy atom. The van der Waals surface area contributed by atoms with Gasteiger partial charge in [0.15, 0.2) is 5.17 Å². The van der Waals surface area contributed by atoms with Gasteiger partial charge < -0.3 is 5.32 Å². The number of benzene rings is 2. The van der Waals surface area contributed by atoms with Gasteiger partial charge in [0.25, 0.3) is 0 Å². The molecule has 0 saturated carbocycles. The molecule has 2 aromatic carbocycles. The van der Waals surface area contributed by atoms with Gasteiger partial charge in [0, 0.05) is 0 Å². The molecule has 1 N–H and O–H groups in total. The highest BCUT2D eigenvalue weighted by molar-refractivity contribution is 8.15. The molecule has 3 rings (SSSR count). The molecule has 0 bridgehead atoms. The van der Waals surface area contributed by atoms with Gasteiger partial charge >= 0.3 is 0 Å². The Hall–Kier alpha value is -2.47. The Labute approximate surface area is 131 Å². The monoisotopic (exact) mass is 313 g/mol. The van der Waals surface area contributed by atoms with E-state index in [1.807, 2.05) is 30.3 Å². The number of amides is 1. The Balaban J connectivity index is 1.69. The van der Waals surface area contributed by atoms with Gasteiger partial charge in [-0.3, -0.25) is 4.79 Å². The lowest BCUT2D eigenvalue weighted by atomic mass is 10.1. The third-order valence-corrected chi connectivity index (χ3v) is 4.15. The summed E-state index contributed by atoms with van der Waals surface area (Å²) in [5, 5.41) is 10.8. The molecule has 0 radical (unpaired) electrons. The third kappa shape index (κ3) is 3.40. The molecule has 4 nitrogen and oxygen atoms in total. The van der Waals surface area contributed by atoms with Crippen molar-refractivity contribution in [2.45, 2.75) is 5.25 Å². The lowest BCUT2D eigenvalue weighted by Gasteiger charge is -2.03. The van der Waals surface area contributed by atoms with Crippen molar-refractivity contribution in [2.24, 2.45) is 10.2 Å². The number of hydrogen-bond donors (Lipinski definition) is 1. The van der Waals surface area contributed by atoms with E-state index < -0.39 is 0 Å². The fourth-order valence-corrected chi connectivity index (χ4v) is 2.89. The lowest BCUT2D eigenvalue weighted by molar-refractivity contribution is -0.118. The van der Waals surface area contributed by atoms with Crippen molar-refractivity contribution in [3.8, 4) is 0 Å². The molecule has 0 aliphatic carbocycles. The predicted molar refractivity (Wildman–Crippen MR) is 86.3 cm³/mol. The maximum atomic E-state index is 12.8.